The number of likely N-dealkylation sites (tertiary alicyclic amines) is 1. The molecule has 2 fully saturated rings. The van der Waals surface area contributed by atoms with Gasteiger partial charge in [-0.15, -0.1) is 0 Å². The molecular formula is C26H35N7O3. The summed E-state index contributed by atoms with van der Waals surface area (Å²) in [7, 11) is 5.43. The number of methoxy groups -OCH3 is 1. The Labute approximate surface area is 212 Å². The summed E-state index contributed by atoms with van der Waals surface area (Å²) >= 11 is 0. The minimum atomic E-state index is -0.107. The van der Waals surface area contributed by atoms with Crippen LogP contribution in [0.25, 0.3) is 0 Å². The molecule has 1 saturated heterocycles. The normalized spacial score (nSPS) is 20.5. The van der Waals surface area contributed by atoms with Gasteiger partial charge in [0.15, 0.2) is 5.82 Å². The number of fused-ring (bicyclic) bond motifs is 1. The first-order valence-corrected chi connectivity index (χ1v) is 12.7. The molecule has 3 aliphatic rings. The summed E-state index contributed by atoms with van der Waals surface area (Å²) < 4.78 is 5.59. The first kappa shape index (κ1) is 24.3. The third kappa shape index (κ3) is 5.38. The molecule has 36 heavy (non-hydrogen) atoms. The first-order valence-electron chi connectivity index (χ1n) is 12.7. The minimum absolute atomic E-state index is 0.0641. The predicted octanol–water partition coefficient (Wildman–Crippen LogP) is 2.64. The van der Waals surface area contributed by atoms with Crippen LogP contribution in [0.5, 0.6) is 5.75 Å². The first-order chi connectivity index (χ1) is 17.4. The number of carbonyl (C=O) groups is 2. The maximum absolute atomic E-state index is 12.9. The SMILES string of the molecule is COc1cc(C(=O)NC2CCCN(C)C2)ccc1Nc1ncc2c(n1)N(CC1CC1)CCC(=O)N2C. The number of aromatic nitrogens is 2. The summed E-state index contributed by atoms with van der Waals surface area (Å²) in [6.07, 6.45) is 6.67. The zero-order valence-corrected chi connectivity index (χ0v) is 21.3. The predicted molar refractivity (Wildman–Crippen MR) is 139 cm³/mol. The van der Waals surface area contributed by atoms with E-state index in [9.17, 15) is 9.59 Å². The van der Waals surface area contributed by atoms with E-state index in [4.69, 9.17) is 9.72 Å². The van der Waals surface area contributed by atoms with Gasteiger partial charge in [0.25, 0.3) is 5.91 Å². The number of piperidine rings is 1. The molecule has 2 N–H and O–H groups in total. The van der Waals surface area contributed by atoms with Crippen molar-refractivity contribution in [2.24, 2.45) is 5.92 Å². The number of carbonyl (C=O) groups excluding carboxylic acids is 2. The molecule has 1 aliphatic carbocycles. The maximum Gasteiger partial charge on any atom is 0.251 e. The molecule has 1 aromatic heterocycles. The van der Waals surface area contributed by atoms with Gasteiger partial charge in [0.2, 0.25) is 11.9 Å². The van der Waals surface area contributed by atoms with Crippen molar-refractivity contribution in [3.8, 4) is 5.75 Å². The van der Waals surface area contributed by atoms with E-state index < -0.39 is 0 Å². The van der Waals surface area contributed by atoms with E-state index >= 15 is 0 Å². The van der Waals surface area contributed by atoms with Crippen LogP contribution in [-0.4, -0.2) is 80.1 Å². The van der Waals surface area contributed by atoms with Crippen molar-refractivity contribution in [2.75, 3.05) is 62.5 Å². The quantitative estimate of drug-likeness (QED) is 0.607. The van der Waals surface area contributed by atoms with Gasteiger partial charge in [-0.2, -0.15) is 4.98 Å². The third-order valence-electron chi connectivity index (χ3n) is 7.23. The molecule has 10 nitrogen and oxygen atoms in total. The second-order valence-electron chi connectivity index (χ2n) is 10.1. The van der Waals surface area contributed by atoms with Crippen LogP contribution >= 0.6 is 0 Å². The van der Waals surface area contributed by atoms with Crippen LogP contribution < -0.4 is 25.2 Å². The zero-order valence-electron chi connectivity index (χ0n) is 21.3. The van der Waals surface area contributed by atoms with Crippen molar-refractivity contribution < 1.29 is 14.3 Å². The Morgan fingerprint density at radius 2 is 2.03 bits per heavy atom. The molecule has 1 saturated carbocycles. The van der Waals surface area contributed by atoms with Crippen molar-refractivity contribution in [3.05, 3.63) is 30.0 Å². The molecule has 0 spiro atoms. The lowest BCUT2D eigenvalue weighted by atomic mass is 10.1. The molecule has 3 heterocycles. The van der Waals surface area contributed by atoms with Gasteiger partial charge < -0.3 is 30.1 Å². The van der Waals surface area contributed by atoms with Crippen molar-refractivity contribution in [2.45, 2.75) is 38.1 Å². The summed E-state index contributed by atoms with van der Waals surface area (Å²) in [4.78, 5) is 40.7. The Kier molecular flexibility index (Phi) is 6.95. The highest BCUT2D eigenvalue weighted by atomic mass is 16.5. The number of rotatable bonds is 7. The van der Waals surface area contributed by atoms with E-state index in [0.29, 0.717) is 41.8 Å². The van der Waals surface area contributed by atoms with E-state index in [1.807, 2.05) is 6.07 Å². The third-order valence-corrected chi connectivity index (χ3v) is 7.23. The van der Waals surface area contributed by atoms with Crippen LogP contribution in [0.1, 0.15) is 42.5 Å². The van der Waals surface area contributed by atoms with Crippen molar-refractivity contribution in [1.82, 2.24) is 20.2 Å². The Balaban J connectivity index is 1.35. The van der Waals surface area contributed by atoms with Gasteiger partial charge in [-0.25, -0.2) is 4.98 Å². The summed E-state index contributed by atoms with van der Waals surface area (Å²) in [5.74, 6) is 2.33. The highest BCUT2D eigenvalue weighted by Crippen LogP contribution is 2.36. The van der Waals surface area contributed by atoms with Crippen molar-refractivity contribution in [1.29, 1.82) is 0 Å². The topological polar surface area (TPSA) is 103 Å². The number of amides is 2. The second kappa shape index (κ2) is 10.3. The summed E-state index contributed by atoms with van der Waals surface area (Å²) in [6.45, 7) is 3.47. The number of likely N-dealkylation sites (N-methyl/N-ethyl adjacent to an activating group) is 1. The van der Waals surface area contributed by atoms with Crippen LogP contribution in [0.15, 0.2) is 24.4 Å². The lowest BCUT2D eigenvalue weighted by Crippen LogP contribution is -2.46. The highest BCUT2D eigenvalue weighted by Gasteiger charge is 2.31. The van der Waals surface area contributed by atoms with Gasteiger partial charge in [0, 0.05) is 44.7 Å². The minimum Gasteiger partial charge on any atom is -0.495 e. The maximum atomic E-state index is 12.9. The van der Waals surface area contributed by atoms with E-state index in [1.165, 1.54) is 12.8 Å². The van der Waals surface area contributed by atoms with Gasteiger partial charge in [-0.3, -0.25) is 9.59 Å². The average Bonchev–Trinajstić information content (AvgIpc) is 3.71. The number of nitrogens with one attached hydrogen (secondary N) is 2. The molecule has 2 amide bonds. The molecule has 0 bridgehead atoms. The number of ether oxygens (including phenoxy) is 1. The molecule has 192 valence electrons. The number of hydrogen-bond acceptors (Lipinski definition) is 8. The van der Waals surface area contributed by atoms with E-state index in [-0.39, 0.29) is 17.9 Å². The lowest BCUT2D eigenvalue weighted by Gasteiger charge is -2.30. The van der Waals surface area contributed by atoms with E-state index in [2.05, 4.69) is 32.5 Å². The number of nitrogens with zero attached hydrogens (tertiary/aromatic N) is 5. The van der Waals surface area contributed by atoms with Gasteiger partial charge in [0.05, 0.1) is 19.0 Å². The van der Waals surface area contributed by atoms with E-state index in [0.717, 1.165) is 44.0 Å². The fourth-order valence-electron chi connectivity index (χ4n) is 4.93. The molecule has 5 rings (SSSR count). The largest absolute Gasteiger partial charge is 0.495 e. The monoisotopic (exact) mass is 493 g/mol. The number of benzene rings is 1. The van der Waals surface area contributed by atoms with Crippen molar-refractivity contribution >= 4 is 35.0 Å². The Bertz CT molecular complexity index is 1140. The lowest BCUT2D eigenvalue weighted by molar-refractivity contribution is -0.118. The molecule has 0 radical (unpaired) electrons. The Morgan fingerprint density at radius 1 is 1.19 bits per heavy atom. The van der Waals surface area contributed by atoms with Gasteiger partial charge in [-0.05, 0) is 63.4 Å². The molecule has 1 aromatic carbocycles. The van der Waals surface area contributed by atoms with Crippen LogP contribution in [0.2, 0.25) is 0 Å². The Morgan fingerprint density at radius 3 is 2.78 bits per heavy atom. The second-order valence-corrected chi connectivity index (χ2v) is 10.1. The molecule has 2 aromatic rings. The standard InChI is InChI=1S/C26H35N7O3/c1-31-11-4-5-19(16-31)28-25(35)18-8-9-20(22(13-18)36-3)29-26-27-14-21-24(30-26)33(15-17-6-7-17)12-10-23(34)32(21)2/h8-9,13-14,17,19H,4-7,10-12,15-16H2,1-3H3,(H,28,35)(H,27,29,30). The van der Waals surface area contributed by atoms with Crippen LogP contribution in [0.3, 0.4) is 0 Å². The molecule has 1 atom stereocenters. The zero-order chi connectivity index (χ0) is 25.2. The average molecular weight is 494 g/mol. The molecular weight excluding hydrogens is 458 g/mol. The summed E-state index contributed by atoms with van der Waals surface area (Å²) in [5.41, 5.74) is 1.93. The highest BCUT2D eigenvalue weighted by molar-refractivity contribution is 5.97. The fraction of sp³-hybridized carbons (Fsp3) is 0.538. The Hall–Kier alpha value is -3.40. The fourth-order valence-corrected chi connectivity index (χ4v) is 4.93. The summed E-state index contributed by atoms with van der Waals surface area (Å²) in [6, 6.07) is 5.48. The summed E-state index contributed by atoms with van der Waals surface area (Å²) in [5, 5.41) is 6.39. The van der Waals surface area contributed by atoms with Gasteiger partial charge >= 0.3 is 0 Å². The molecule has 1 unspecified atom stereocenters. The van der Waals surface area contributed by atoms with Crippen LogP contribution in [0, 0.1) is 5.92 Å². The smallest absolute Gasteiger partial charge is 0.251 e. The van der Waals surface area contributed by atoms with Crippen molar-refractivity contribution in [3.63, 3.8) is 0 Å². The van der Waals surface area contributed by atoms with Crippen LogP contribution in [-0.2, 0) is 4.79 Å². The van der Waals surface area contributed by atoms with Gasteiger partial charge in [-0.1, -0.05) is 0 Å². The molecule has 10 heteroatoms. The van der Waals surface area contributed by atoms with Gasteiger partial charge in [0.1, 0.15) is 11.4 Å². The number of anilines is 4. The van der Waals surface area contributed by atoms with Crippen LogP contribution in [0.4, 0.5) is 23.1 Å². The van der Waals surface area contributed by atoms with E-state index in [1.54, 1.807) is 37.4 Å². The molecule has 2 aliphatic heterocycles. The number of hydrogen-bond donors (Lipinski definition) is 2.